The molecule has 0 aromatic heterocycles. The maximum absolute atomic E-state index is 5.78. The summed E-state index contributed by atoms with van der Waals surface area (Å²) in [6.07, 6.45) is 5.96. The molecule has 112 valence electrons. The molecule has 0 spiro atoms. The van der Waals surface area contributed by atoms with Crippen LogP contribution in [0.15, 0.2) is 0 Å². The first kappa shape index (κ1) is 15.2. The molecular weight excluding hydrogens is 240 g/mol. The molecule has 0 aromatic rings. The van der Waals surface area contributed by atoms with Crippen LogP contribution < -0.4 is 0 Å². The number of rotatable bonds is 10. The van der Waals surface area contributed by atoms with Gasteiger partial charge in [-0.3, -0.25) is 4.90 Å². The molecule has 19 heavy (non-hydrogen) atoms. The van der Waals surface area contributed by atoms with Gasteiger partial charge < -0.3 is 14.4 Å². The maximum Gasteiger partial charge on any atom is 0.0828 e. The van der Waals surface area contributed by atoms with E-state index in [9.17, 15) is 0 Å². The summed E-state index contributed by atoms with van der Waals surface area (Å²) < 4.78 is 11.5. The van der Waals surface area contributed by atoms with Crippen molar-refractivity contribution in [1.82, 2.24) is 9.80 Å². The highest BCUT2D eigenvalue weighted by molar-refractivity contribution is 4.80. The van der Waals surface area contributed by atoms with Crippen molar-refractivity contribution in [3.8, 4) is 0 Å². The van der Waals surface area contributed by atoms with Gasteiger partial charge >= 0.3 is 0 Å². The highest BCUT2D eigenvalue weighted by Gasteiger charge is 2.26. The third-order valence-corrected chi connectivity index (χ3v) is 3.98. The van der Waals surface area contributed by atoms with Crippen LogP contribution in [-0.2, 0) is 9.47 Å². The number of ether oxygens (including phenoxy) is 2. The van der Waals surface area contributed by atoms with Crippen LogP contribution in [0.5, 0.6) is 0 Å². The fraction of sp³-hybridized carbons (Fsp3) is 1.00. The minimum absolute atomic E-state index is 0.511. The second kappa shape index (κ2) is 8.20. The Labute approximate surface area is 118 Å². The molecule has 0 amide bonds. The van der Waals surface area contributed by atoms with Gasteiger partial charge in [-0.1, -0.05) is 6.92 Å². The Kier molecular flexibility index (Phi) is 6.57. The molecule has 0 atom stereocenters. The van der Waals surface area contributed by atoms with E-state index in [0.717, 1.165) is 45.8 Å². The number of hydrogen-bond acceptors (Lipinski definition) is 4. The van der Waals surface area contributed by atoms with E-state index in [1.54, 1.807) is 0 Å². The fourth-order valence-electron chi connectivity index (χ4n) is 2.71. The lowest BCUT2D eigenvalue weighted by atomic mass is 10.1. The first-order chi connectivity index (χ1) is 9.28. The zero-order valence-corrected chi connectivity index (χ0v) is 12.6. The molecule has 2 rings (SSSR count). The maximum atomic E-state index is 5.78. The Bertz CT molecular complexity index is 238. The molecule has 2 fully saturated rings. The zero-order valence-electron chi connectivity index (χ0n) is 12.6. The molecule has 4 nitrogen and oxygen atoms in total. The van der Waals surface area contributed by atoms with Crippen molar-refractivity contribution in [2.24, 2.45) is 0 Å². The Morgan fingerprint density at radius 3 is 2.26 bits per heavy atom. The van der Waals surface area contributed by atoms with E-state index < -0.39 is 0 Å². The topological polar surface area (TPSA) is 24.9 Å². The quantitative estimate of drug-likeness (QED) is 0.563. The number of likely N-dealkylation sites (N-methyl/N-ethyl adjacent to an activating group) is 1. The molecule has 0 radical (unpaired) electrons. The normalized spacial score (nSPS) is 22.4. The first-order valence-corrected chi connectivity index (χ1v) is 7.92. The van der Waals surface area contributed by atoms with E-state index in [4.69, 9.17) is 9.47 Å². The van der Waals surface area contributed by atoms with Crippen LogP contribution in [0.25, 0.3) is 0 Å². The standard InChI is InChI=1S/C15H30N2O2/c1-3-8-18-15-12-17(13-15)7-5-4-6-9-19-14-10-16(2)11-14/h14-15H,3-13H2,1-2H3. The molecule has 0 N–H and O–H groups in total. The average molecular weight is 270 g/mol. The Morgan fingerprint density at radius 2 is 1.58 bits per heavy atom. The second-order valence-electron chi connectivity index (χ2n) is 6.03. The summed E-state index contributed by atoms with van der Waals surface area (Å²) in [6.45, 7) is 9.79. The summed E-state index contributed by atoms with van der Waals surface area (Å²) in [5.74, 6) is 0. The van der Waals surface area contributed by atoms with Gasteiger partial charge in [0.25, 0.3) is 0 Å². The van der Waals surface area contributed by atoms with E-state index in [0.29, 0.717) is 12.2 Å². The van der Waals surface area contributed by atoms with Gasteiger partial charge in [0.15, 0.2) is 0 Å². The van der Waals surface area contributed by atoms with Gasteiger partial charge in [0, 0.05) is 39.4 Å². The monoisotopic (exact) mass is 270 g/mol. The fourth-order valence-corrected chi connectivity index (χ4v) is 2.71. The lowest BCUT2D eigenvalue weighted by Gasteiger charge is -2.39. The van der Waals surface area contributed by atoms with Gasteiger partial charge in [-0.15, -0.1) is 0 Å². The molecule has 2 heterocycles. The number of likely N-dealkylation sites (tertiary alicyclic amines) is 2. The molecule has 4 heteroatoms. The molecular formula is C15H30N2O2. The van der Waals surface area contributed by atoms with Gasteiger partial charge in [-0.25, -0.2) is 0 Å². The van der Waals surface area contributed by atoms with Crippen molar-refractivity contribution in [3.63, 3.8) is 0 Å². The third-order valence-electron chi connectivity index (χ3n) is 3.98. The van der Waals surface area contributed by atoms with E-state index in [1.165, 1.54) is 25.8 Å². The summed E-state index contributed by atoms with van der Waals surface area (Å²) in [6, 6.07) is 0. The predicted molar refractivity (Wildman–Crippen MR) is 77.6 cm³/mol. The van der Waals surface area contributed by atoms with Gasteiger partial charge in [-0.05, 0) is 39.3 Å². The molecule has 0 bridgehead atoms. The second-order valence-corrected chi connectivity index (χ2v) is 6.03. The lowest BCUT2D eigenvalue weighted by Crippen LogP contribution is -2.52. The molecule has 0 aromatic carbocycles. The SMILES string of the molecule is CCCOC1CN(CCCCCOC2CN(C)C2)C1. The van der Waals surface area contributed by atoms with Crippen LogP contribution in [0.4, 0.5) is 0 Å². The number of nitrogens with zero attached hydrogens (tertiary/aromatic N) is 2. The van der Waals surface area contributed by atoms with Crippen LogP contribution >= 0.6 is 0 Å². The van der Waals surface area contributed by atoms with E-state index in [2.05, 4.69) is 23.8 Å². The minimum atomic E-state index is 0.511. The summed E-state index contributed by atoms with van der Waals surface area (Å²) in [5, 5.41) is 0. The Balaban J connectivity index is 1.32. The Hall–Kier alpha value is -0.160. The smallest absolute Gasteiger partial charge is 0.0828 e. The van der Waals surface area contributed by atoms with Crippen LogP contribution in [-0.4, -0.2) is 75.0 Å². The molecule has 2 aliphatic rings. The first-order valence-electron chi connectivity index (χ1n) is 7.92. The van der Waals surface area contributed by atoms with Crippen LogP contribution in [0, 0.1) is 0 Å². The lowest BCUT2D eigenvalue weighted by molar-refractivity contribution is -0.0556. The summed E-state index contributed by atoms with van der Waals surface area (Å²) >= 11 is 0. The van der Waals surface area contributed by atoms with Crippen molar-refractivity contribution < 1.29 is 9.47 Å². The largest absolute Gasteiger partial charge is 0.376 e. The number of hydrogen-bond donors (Lipinski definition) is 0. The summed E-state index contributed by atoms with van der Waals surface area (Å²) in [7, 11) is 2.14. The van der Waals surface area contributed by atoms with Crippen molar-refractivity contribution >= 4 is 0 Å². The average Bonchev–Trinajstić information content (AvgIpc) is 2.32. The van der Waals surface area contributed by atoms with Crippen molar-refractivity contribution in [2.75, 3.05) is 53.0 Å². The summed E-state index contributed by atoms with van der Waals surface area (Å²) in [4.78, 5) is 4.80. The van der Waals surface area contributed by atoms with Crippen LogP contribution in [0.3, 0.4) is 0 Å². The molecule has 2 aliphatic heterocycles. The zero-order chi connectivity index (χ0) is 13.5. The highest BCUT2D eigenvalue weighted by atomic mass is 16.5. The third kappa shape index (κ3) is 5.38. The van der Waals surface area contributed by atoms with E-state index in [1.807, 2.05) is 0 Å². The van der Waals surface area contributed by atoms with Crippen molar-refractivity contribution in [2.45, 2.75) is 44.8 Å². The van der Waals surface area contributed by atoms with Crippen molar-refractivity contribution in [1.29, 1.82) is 0 Å². The van der Waals surface area contributed by atoms with Crippen molar-refractivity contribution in [3.05, 3.63) is 0 Å². The Morgan fingerprint density at radius 1 is 0.895 bits per heavy atom. The molecule has 2 saturated heterocycles. The highest BCUT2D eigenvalue weighted by Crippen LogP contribution is 2.14. The summed E-state index contributed by atoms with van der Waals surface area (Å²) in [5.41, 5.74) is 0. The van der Waals surface area contributed by atoms with Gasteiger partial charge in [-0.2, -0.15) is 0 Å². The number of unbranched alkanes of at least 4 members (excludes halogenated alkanes) is 2. The minimum Gasteiger partial charge on any atom is -0.376 e. The van der Waals surface area contributed by atoms with Gasteiger partial charge in [0.1, 0.15) is 0 Å². The molecule has 0 unspecified atom stereocenters. The van der Waals surface area contributed by atoms with E-state index >= 15 is 0 Å². The van der Waals surface area contributed by atoms with Crippen LogP contribution in [0.1, 0.15) is 32.6 Å². The molecule has 0 saturated carbocycles. The van der Waals surface area contributed by atoms with Crippen LogP contribution in [0.2, 0.25) is 0 Å². The van der Waals surface area contributed by atoms with E-state index in [-0.39, 0.29) is 0 Å². The van der Waals surface area contributed by atoms with Gasteiger partial charge in [0.05, 0.1) is 12.2 Å². The molecule has 0 aliphatic carbocycles. The predicted octanol–water partition coefficient (Wildman–Crippen LogP) is 1.60. The van der Waals surface area contributed by atoms with Gasteiger partial charge in [0.2, 0.25) is 0 Å².